The van der Waals surface area contributed by atoms with E-state index in [2.05, 4.69) is 20.2 Å². The molecule has 8 nitrogen and oxygen atoms in total. The molecule has 0 atom stereocenters. The molecule has 10 heteroatoms. The highest BCUT2D eigenvalue weighted by atomic mass is 28.4. The van der Waals surface area contributed by atoms with Crippen molar-refractivity contribution in [3.8, 4) is 0 Å². The molecule has 0 heterocycles. The normalized spacial score (nSPS) is 11.7. The van der Waals surface area contributed by atoms with Gasteiger partial charge in [0.1, 0.15) is 0 Å². The number of carbonyl (C=O) groups is 1. The lowest BCUT2D eigenvalue weighted by Crippen LogP contribution is -2.41. The minimum Gasteiger partial charge on any atom is -0.462 e. The summed E-state index contributed by atoms with van der Waals surface area (Å²) in [6, 6.07) is -0.144. The maximum atomic E-state index is 11.0. The fourth-order valence-electron chi connectivity index (χ4n) is 0.769. The largest absolute Gasteiger partial charge is 0.603 e. The summed E-state index contributed by atoms with van der Waals surface area (Å²) in [6.45, 7) is 4.91. The lowest BCUT2D eigenvalue weighted by Gasteiger charge is -2.16. The highest BCUT2D eigenvalue weighted by Crippen LogP contribution is 2.09. The lowest BCUT2D eigenvalue weighted by molar-refractivity contribution is -0.185. The van der Waals surface area contributed by atoms with Crippen molar-refractivity contribution in [3.05, 3.63) is 12.2 Å². The van der Waals surface area contributed by atoms with E-state index in [1.807, 2.05) is 0 Å². The van der Waals surface area contributed by atoms with Gasteiger partial charge in [0.25, 0.3) is 0 Å². The highest BCUT2D eigenvalue weighted by Gasteiger charge is 2.35. The van der Waals surface area contributed by atoms with E-state index in [0.717, 1.165) is 0 Å². The Hall–Kier alpha value is -0.596. The molecule has 3 N–H and O–H groups in total. The van der Waals surface area contributed by atoms with Crippen LogP contribution in [-0.2, 0) is 23.1 Å². The molecule has 0 aliphatic carbocycles. The first-order chi connectivity index (χ1) is 8.28. The van der Waals surface area contributed by atoms with Crippen LogP contribution in [0.15, 0.2) is 12.2 Å². The number of rotatable bonds is 9. The second kappa shape index (κ2) is 8.50. The van der Waals surface area contributed by atoms with Crippen LogP contribution >= 0.6 is 0 Å². The van der Waals surface area contributed by atoms with Crippen LogP contribution in [0, 0.1) is 0 Å². The summed E-state index contributed by atoms with van der Waals surface area (Å²) < 4.78 is 17.6. The van der Waals surface area contributed by atoms with Crippen LogP contribution in [0.4, 0.5) is 0 Å². The molecule has 0 amide bonds. The van der Waals surface area contributed by atoms with Crippen molar-refractivity contribution in [2.75, 3.05) is 13.7 Å². The zero-order chi connectivity index (χ0) is 14.2. The molecule has 0 unspecified atom stereocenters. The standard InChI is InChI=1S/C8H17O8Si2/c1-7(2)8(9)14-5-4-6-18(11,12)16-15-17(10)13-3/h10-12H,1,4-6H2,2-3H3. The number of hydrogen-bond acceptors (Lipinski definition) is 8. The zero-order valence-corrected chi connectivity index (χ0v) is 12.2. The molecule has 0 spiro atoms. The summed E-state index contributed by atoms with van der Waals surface area (Å²) in [5.74, 6) is -0.546. The quantitative estimate of drug-likeness (QED) is 0.124. The van der Waals surface area contributed by atoms with Crippen LogP contribution in [0.2, 0.25) is 6.04 Å². The molecule has 0 bridgehead atoms. The molecular weight excluding hydrogens is 280 g/mol. The van der Waals surface area contributed by atoms with Gasteiger partial charge in [-0.1, -0.05) is 6.58 Å². The van der Waals surface area contributed by atoms with Crippen LogP contribution in [-0.4, -0.2) is 52.4 Å². The van der Waals surface area contributed by atoms with Gasteiger partial charge < -0.3 is 23.5 Å². The van der Waals surface area contributed by atoms with Crippen molar-refractivity contribution in [1.29, 1.82) is 0 Å². The predicted molar refractivity (Wildman–Crippen MR) is 62.5 cm³/mol. The van der Waals surface area contributed by atoms with Crippen molar-refractivity contribution in [3.63, 3.8) is 0 Å². The molecular formula is C8H17O8Si2. The van der Waals surface area contributed by atoms with Gasteiger partial charge in [-0.3, -0.25) is 0 Å². The fraction of sp³-hybridized carbons (Fsp3) is 0.625. The van der Waals surface area contributed by atoms with E-state index < -0.39 is 24.3 Å². The SMILES string of the molecule is C=C(C)C(=O)OCCC[Si](O)(O)OO[Si](O)OC. The lowest BCUT2D eigenvalue weighted by atomic mass is 10.4. The van der Waals surface area contributed by atoms with Gasteiger partial charge in [-0.2, -0.15) is 0 Å². The van der Waals surface area contributed by atoms with Crippen LogP contribution in [0.25, 0.3) is 0 Å². The number of esters is 1. The smallest absolute Gasteiger partial charge is 0.462 e. The van der Waals surface area contributed by atoms with Crippen LogP contribution in [0.3, 0.4) is 0 Å². The zero-order valence-electron chi connectivity index (χ0n) is 10.2. The Morgan fingerprint density at radius 1 is 1.44 bits per heavy atom. The van der Waals surface area contributed by atoms with Gasteiger partial charge in [0, 0.05) is 18.7 Å². The average Bonchev–Trinajstić information content (AvgIpc) is 2.31. The van der Waals surface area contributed by atoms with Gasteiger partial charge in [0.05, 0.1) is 6.61 Å². The van der Waals surface area contributed by atoms with Gasteiger partial charge in [-0.15, -0.1) is 0 Å². The topological polar surface area (TPSA) is 115 Å². The molecule has 0 aromatic heterocycles. The maximum absolute atomic E-state index is 11.0. The molecule has 0 aromatic rings. The molecule has 0 aromatic carbocycles. The molecule has 0 aliphatic heterocycles. The van der Waals surface area contributed by atoms with Crippen LogP contribution in [0.1, 0.15) is 13.3 Å². The van der Waals surface area contributed by atoms with E-state index in [4.69, 9.17) is 9.53 Å². The van der Waals surface area contributed by atoms with Crippen LogP contribution < -0.4 is 0 Å². The molecule has 18 heavy (non-hydrogen) atoms. The summed E-state index contributed by atoms with van der Waals surface area (Å²) in [4.78, 5) is 38.6. The van der Waals surface area contributed by atoms with Gasteiger partial charge >= 0.3 is 24.3 Å². The second-order valence-electron chi connectivity index (χ2n) is 3.40. The Balaban J connectivity index is 3.76. The van der Waals surface area contributed by atoms with Crippen molar-refractivity contribution in [1.82, 2.24) is 0 Å². The van der Waals surface area contributed by atoms with Gasteiger partial charge in [0.2, 0.25) is 0 Å². The van der Waals surface area contributed by atoms with E-state index >= 15 is 0 Å². The summed E-state index contributed by atoms with van der Waals surface area (Å²) in [5, 5.41) is 0. The maximum Gasteiger partial charge on any atom is 0.603 e. The molecule has 0 rings (SSSR count). The highest BCUT2D eigenvalue weighted by molar-refractivity contribution is 6.57. The summed E-state index contributed by atoms with van der Waals surface area (Å²) >= 11 is 0. The number of carbonyl (C=O) groups excluding carboxylic acids is 1. The Bertz CT molecular complexity index is 282. The third kappa shape index (κ3) is 8.49. The van der Waals surface area contributed by atoms with E-state index in [1.54, 1.807) is 0 Å². The van der Waals surface area contributed by atoms with Gasteiger partial charge in [-0.25, -0.2) is 13.9 Å². The Labute approximate surface area is 108 Å². The minimum absolute atomic E-state index is 0.00609. The molecule has 105 valence electrons. The Morgan fingerprint density at radius 3 is 2.56 bits per heavy atom. The van der Waals surface area contributed by atoms with E-state index in [0.29, 0.717) is 0 Å². The monoisotopic (exact) mass is 297 g/mol. The first-order valence-electron chi connectivity index (χ1n) is 5.01. The second-order valence-corrected chi connectivity index (χ2v) is 6.66. The minimum atomic E-state index is -4.03. The fourth-order valence-corrected chi connectivity index (χ4v) is 2.34. The average molecular weight is 297 g/mol. The molecule has 0 saturated carbocycles. The van der Waals surface area contributed by atoms with Crippen molar-refractivity contribution in [2.45, 2.75) is 19.4 Å². The van der Waals surface area contributed by atoms with Crippen LogP contribution in [0.5, 0.6) is 0 Å². The van der Waals surface area contributed by atoms with E-state index in [9.17, 15) is 14.4 Å². The first kappa shape index (κ1) is 17.4. The molecule has 1 radical (unpaired) electrons. The van der Waals surface area contributed by atoms with E-state index in [-0.39, 0.29) is 24.6 Å². The van der Waals surface area contributed by atoms with Crippen molar-refractivity contribution >= 4 is 24.3 Å². The summed E-state index contributed by atoms with van der Waals surface area (Å²) in [5.41, 5.74) is 0.263. The number of hydrogen-bond donors (Lipinski definition) is 3. The summed E-state index contributed by atoms with van der Waals surface area (Å²) in [7, 11) is -5.47. The predicted octanol–water partition coefficient (Wildman–Crippen LogP) is -1.01. The van der Waals surface area contributed by atoms with Crippen molar-refractivity contribution in [2.24, 2.45) is 0 Å². The Kier molecular flexibility index (Phi) is 8.21. The van der Waals surface area contributed by atoms with Gasteiger partial charge in [0.15, 0.2) is 0 Å². The third-order valence-electron chi connectivity index (χ3n) is 1.65. The molecule has 0 saturated heterocycles. The third-order valence-corrected chi connectivity index (χ3v) is 3.75. The number of ether oxygens (including phenoxy) is 1. The van der Waals surface area contributed by atoms with E-state index in [1.165, 1.54) is 14.0 Å². The molecule has 0 fully saturated rings. The molecule has 0 aliphatic rings. The summed E-state index contributed by atoms with van der Waals surface area (Å²) in [6.07, 6.45) is 0.183. The first-order valence-corrected chi connectivity index (χ1v) is 8.29. The van der Waals surface area contributed by atoms with Gasteiger partial charge in [-0.05, 0) is 13.3 Å². The Morgan fingerprint density at radius 2 is 2.06 bits per heavy atom. The van der Waals surface area contributed by atoms with Crippen molar-refractivity contribution < 1.29 is 37.5 Å².